The number of ether oxygens (including phenoxy) is 1. The molecule has 0 bridgehead atoms. The summed E-state index contributed by atoms with van der Waals surface area (Å²) in [5.41, 5.74) is 8.97. The van der Waals surface area contributed by atoms with Crippen molar-refractivity contribution < 1.29 is 4.74 Å². The number of hydrogen-bond donors (Lipinski definition) is 1. The first-order valence-corrected chi connectivity index (χ1v) is 6.40. The number of anilines is 1. The van der Waals surface area contributed by atoms with E-state index in [1.165, 1.54) is 11.3 Å². The molecular weight excluding hydrogens is 232 g/mol. The van der Waals surface area contributed by atoms with Gasteiger partial charge in [-0.05, 0) is 44.5 Å². The first kappa shape index (κ1) is 11.9. The summed E-state index contributed by atoms with van der Waals surface area (Å²) in [6.07, 6.45) is 0. The first-order valence-electron chi connectivity index (χ1n) is 5.58. The van der Waals surface area contributed by atoms with E-state index in [0.29, 0.717) is 6.61 Å². The maximum atomic E-state index is 5.94. The van der Waals surface area contributed by atoms with Crippen LogP contribution in [0.15, 0.2) is 18.2 Å². The van der Waals surface area contributed by atoms with Crippen LogP contribution in [-0.2, 0) is 0 Å². The highest BCUT2D eigenvalue weighted by molar-refractivity contribution is 7.16. The second kappa shape index (κ2) is 4.75. The van der Waals surface area contributed by atoms with Crippen molar-refractivity contribution in [3.63, 3.8) is 0 Å². The zero-order chi connectivity index (χ0) is 12.4. The molecule has 0 radical (unpaired) electrons. The van der Waals surface area contributed by atoms with Gasteiger partial charge in [0.05, 0.1) is 11.6 Å². The van der Waals surface area contributed by atoms with Crippen LogP contribution in [0.1, 0.15) is 17.5 Å². The van der Waals surface area contributed by atoms with Crippen molar-refractivity contribution in [3.05, 3.63) is 28.8 Å². The van der Waals surface area contributed by atoms with Gasteiger partial charge in [-0.15, -0.1) is 11.3 Å². The van der Waals surface area contributed by atoms with Crippen LogP contribution in [0.2, 0.25) is 0 Å². The molecule has 3 nitrogen and oxygen atoms in total. The Labute approximate surface area is 105 Å². The van der Waals surface area contributed by atoms with Gasteiger partial charge in [0.1, 0.15) is 16.4 Å². The Kier molecular flexibility index (Phi) is 3.33. The van der Waals surface area contributed by atoms with E-state index in [4.69, 9.17) is 10.5 Å². The molecule has 1 aromatic carbocycles. The van der Waals surface area contributed by atoms with E-state index in [0.717, 1.165) is 32.6 Å². The monoisotopic (exact) mass is 248 g/mol. The molecule has 0 unspecified atom stereocenters. The molecule has 2 N–H and O–H groups in total. The lowest BCUT2D eigenvalue weighted by Crippen LogP contribution is -1.94. The number of thiazole rings is 1. The number of benzene rings is 1. The molecule has 2 aromatic rings. The van der Waals surface area contributed by atoms with Crippen LogP contribution in [-0.4, -0.2) is 11.6 Å². The number of nitrogens with two attached hydrogens (primary N) is 1. The second-order valence-corrected chi connectivity index (χ2v) is 5.09. The predicted octanol–water partition coefficient (Wildman–Crippen LogP) is 3.41. The molecule has 0 saturated carbocycles. The van der Waals surface area contributed by atoms with Gasteiger partial charge in [-0.2, -0.15) is 0 Å². The molecule has 1 heterocycles. The summed E-state index contributed by atoms with van der Waals surface area (Å²) < 4.78 is 5.51. The molecule has 0 aliphatic carbocycles. The Bertz CT molecular complexity index is 534. The van der Waals surface area contributed by atoms with E-state index in [9.17, 15) is 0 Å². The van der Waals surface area contributed by atoms with Gasteiger partial charge < -0.3 is 10.5 Å². The molecule has 0 atom stereocenters. The maximum Gasteiger partial charge on any atom is 0.122 e. The molecule has 0 aliphatic rings. The van der Waals surface area contributed by atoms with Crippen LogP contribution in [0.5, 0.6) is 5.75 Å². The van der Waals surface area contributed by atoms with Gasteiger partial charge in [-0.1, -0.05) is 0 Å². The summed E-state index contributed by atoms with van der Waals surface area (Å²) >= 11 is 1.52. The topological polar surface area (TPSA) is 48.1 Å². The quantitative estimate of drug-likeness (QED) is 0.905. The van der Waals surface area contributed by atoms with Crippen LogP contribution in [0.4, 0.5) is 5.00 Å². The van der Waals surface area contributed by atoms with E-state index >= 15 is 0 Å². The molecule has 4 heteroatoms. The molecule has 0 aliphatic heterocycles. The lowest BCUT2D eigenvalue weighted by atomic mass is 10.1. The van der Waals surface area contributed by atoms with Crippen molar-refractivity contribution in [3.8, 4) is 17.0 Å². The minimum absolute atomic E-state index is 0.679. The summed E-state index contributed by atoms with van der Waals surface area (Å²) in [5, 5.41) is 1.76. The smallest absolute Gasteiger partial charge is 0.122 e. The van der Waals surface area contributed by atoms with Crippen LogP contribution in [0.25, 0.3) is 11.3 Å². The molecule has 1 aromatic heterocycles. The number of aromatic nitrogens is 1. The standard InChI is InChI=1S/C13H16N2OS/c1-4-16-11-6-5-10(7-8(11)2)12-13(14)17-9(3)15-12/h5-7H,4,14H2,1-3H3. The van der Waals surface area contributed by atoms with Gasteiger partial charge in [0, 0.05) is 5.56 Å². The average molecular weight is 248 g/mol. The largest absolute Gasteiger partial charge is 0.494 e. The molecule has 0 saturated heterocycles. The number of nitrogens with zero attached hydrogens (tertiary/aromatic N) is 1. The summed E-state index contributed by atoms with van der Waals surface area (Å²) in [4.78, 5) is 4.45. The van der Waals surface area contributed by atoms with E-state index in [-0.39, 0.29) is 0 Å². The summed E-state index contributed by atoms with van der Waals surface area (Å²) in [5.74, 6) is 0.918. The van der Waals surface area contributed by atoms with Gasteiger partial charge in [-0.25, -0.2) is 4.98 Å². The zero-order valence-electron chi connectivity index (χ0n) is 10.3. The third kappa shape index (κ3) is 2.42. The van der Waals surface area contributed by atoms with Crippen molar-refractivity contribution in [1.29, 1.82) is 0 Å². The molecule has 0 fully saturated rings. The number of aryl methyl sites for hydroxylation is 2. The van der Waals surface area contributed by atoms with Crippen LogP contribution >= 0.6 is 11.3 Å². The van der Waals surface area contributed by atoms with Gasteiger partial charge in [0.25, 0.3) is 0 Å². The maximum absolute atomic E-state index is 5.94. The highest BCUT2D eigenvalue weighted by Gasteiger charge is 2.10. The second-order valence-electron chi connectivity index (χ2n) is 3.86. The third-order valence-electron chi connectivity index (χ3n) is 2.51. The van der Waals surface area contributed by atoms with E-state index < -0.39 is 0 Å². The van der Waals surface area contributed by atoms with E-state index in [1.807, 2.05) is 32.9 Å². The molecular formula is C13H16N2OS. The highest BCUT2D eigenvalue weighted by atomic mass is 32.1. The normalized spacial score (nSPS) is 10.5. The Morgan fingerprint density at radius 1 is 1.35 bits per heavy atom. The van der Waals surface area contributed by atoms with Gasteiger partial charge >= 0.3 is 0 Å². The van der Waals surface area contributed by atoms with Crippen molar-refractivity contribution in [2.24, 2.45) is 0 Å². The summed E-state index contributed by atoms with van der Waals surface area (Å²) in [7, 11) is 0. The lowest BCUT2D eigenvalue weighted by molar-refractivity contribution is 0.338. The van der Waals surface area contributed by atoms with Crippen LogP contribution in [0.3, 0.4) is 0 Å². The summed E-state index contributed by atoms with van der Waals surface area (Å²) in [6.45, 7) is 6.66. The van der Waals surface area contributed by atoms with Crippen molar-refractivity contribution >= 4 is 16.3 Å². The Morgan fingerprint density at radius 3 is 2.65 bits per heavy atom. The predicted molar refractivity (Wildman–Crippen MR) is 72.6 cm³/mol. The molecule has 2 rings (SSSR count). The minimum atomic E-state index is 0.679. The fourth-order valence-corrected chi connectivity index (χ4v) is 2.48. The van der Waals surface area contributed by atoms with Crippen molar-refractivity contribution in [1.82, 2.24) is 4.98 Å². The zero-order valence-corrected chi connectivity index (χ0v) is 11.1. The van der Waals surface area contributed by atoms with Gasteiger partial charge in [0.2, 0.25) is 0 Å². The minimum Gasteiger partial charge on any atom is -0.494 e. The SMILES string of the molecule is CCOc1ccc(-c2nc(C)sc2N)cc1C. The summed E-state index contributed by atoms with van der Waals surface area (Å²) in [6, 6.07) is 6.04. The molecule has 90 valence electrons. The molecule has 0 spiro atoms. The highest BCUT2D eigenvalue weighted by Crippen LogP contribution is 2.32. The fraction of sp³-hybridized carbons (Fsp3) is 0.308. The lowest BCUT2D eigenvalue weighted by Gasteiger charge is -2.08. The van der Waals surface area contributed by atoms with Crippen LogP contribution < -0.4 is 10.5 Å². The average Bonchev–Trinajstić information content (AvgIpc) is 2.61. The Morgan fingerprint density at radius 2 is 2.12 bits per heavy atom. The number of rotatable bonds is 3. The molecule has 0 amide bonds. The Balaban J connectivity index is 2.41. The fourth-order valence-electron chi connectivity index (χ4n) is 1.76. The third-order valence-corrected chi connectivity index (χ3v) is 3.31. The van der Waals surface area contributed by atoms with E-state index in [2.05, 4.69) is 11.1 Å². The Hall–Kier alpha value is -1.55. The van der Waals surface area contributed by atoms with E-state index in [1.54, 1.807) is 0 Å². The van der Waals surface area contributed by atoms with Crippen molar-refractivity contribution in [2.75, 3.05) is 12.3 Å². The van der Waals surface area contributed by atoms with Crippen molar-refractivity contribution in [2.45, 2.75) is 20.8 Å². The first-order chi connectivity index (χ1) is 8.11. The van der Waals surface area contributed by atoms with Gasteiger partial charge in [0.15, 0.2) is 0 Å². The van der Waals surface area contributed by atoms with Crippen LogP contribution in [0, 0.1) is 13.8 Å². The van der Waals surface area contributed by atoms with Gasteiger partial charge in [-0.3, -0.25) is 0 Å². The number of hydrogen-bond acceptors (Lipinski definition) is 4. The number of nitrogen functional groups attached to an aromatic ring is 1. The molecule has 17 heavy (non-hydrogen) atoms.